The number of H-pyrrole nitrogens is 1. The first kappa shape index (κ1) is 14.5. The number of aromatic amines is 1. The first-order chi connectivity index (χ1) is 10.2. The molecular weight excluding hydrogens is 284 g/mol. The lowest BCUT2D eigenvalue weighted by molar-refractivity contribution is -0.132. The minimum Gasteiger partial charge on any atom is -0.361 e. The molecule has 3 rings (SSSR count). The van der Waals surface area contributed by atoms with E-state index in [9.17, 15) is 4.79 Å². The Balaban J connectivity index is 1.72. The minimum atomic E-state index is 0.307. The molecule has 4 heteroatoms. The first-order valence-electron chi connectivity index (χ1n) is 7.73. The molecule has 2 aromatic rings. The predicted octanol–water partition coefficient (Wildman–Crippen LogP) is 4.33. The van der Waals surface area contributed by atoms with E-state index in [-0.39, 0.29) is 0 Å². The van der Waals surface area contributed by atoms with Gasteiger partial charge in [0.2, 0.25) is 5.91 Å². The number of hydrogen-bond acceptors (Lipinski definition) is 1. The summed E-state index contributed by atoms with van der Waals surface area (Å²) in [5, 5.41) is 2.02. The van der Waals surface area contributed by atoms with Crippen molar-refractivity contribution in [3.8, 4) is 0 Å². The lowest BCUT2D eigenvalue weighted by atomic mass is 9.89. The van der Waals surface area contributed by atoms with Crippen LogP contribution in [0.15, 0.2) is 24.4 Å². The highest BCUT2D eigenvalue weighted by Crippen LogP contribution is 2.34. The van der Waals surface area contributed by atoms with Gasteiger partial charge >= 0.3 is 0 Å². The minimum absolute atomic E-state index is 0.307. The summed E-state index contributed by atoms with van der Waals surface area (Å²) in [4.78, 5) is 17.3. The Kier molecular flexibility index (Phi) is 4.20. The van der Waals surface area contributed by atoms with Gasteiger partial charge < -0.3 is 9.88 Å². The van der Waals surface area contributed by atoms with Gasteiger partial charge in [0.15, 0.2) is 0 Å². The summed E-state index contributed by atoms with van der Waals surface area (Å²) in [5.41, 5.74) is 2.46. The smallest absolute Gasteiger partial charge is 0.222 e. The van der Waals surface area contributed by atoms with Gasteiger partial charge in [-0.25, -0.2) is 0 Å². The fraction of sp³-hybridized carbons (Fsp3) is 0.471. The molecule has 21 heavy (non-hydrogen) atoms. The fourth-order valence-electron chi connectivity index (χ4n) is 3.27. The molecule has 0 bridgehead atoms. The van der Waals surface area contributed by atoms with Gasteiger partial charge in [-0.15, -0.1) is 0 Å². The van der Waals surface area contributed by atoms with Gasteiger partial charge in [0.25, 0.3) is 0 Å². The molecule has 1 amide bonds. The lowest BCUT2D eigenvalue weighted by Gasteiger charge is -2.32. The quantitative estimate of drug-likeness (QED) is 0.900. The Morgan fingerprint density at radius 3 is 2.86 bits per heavy atom. The average Bonchev–Trinajstić information content (AvgIpc) is 2.90. The molecule has 0 spiro atoms. The zero-order valence-corrected chi connectivity index (χ0v) is 13.1. The lowest BCUT2D eigenvalue weighted by Crippen LogP contribution is -2.37. The van der Waals surface area contributed by atoms with Crippen LogP contribution in [0.3, 0.4) is 0 Å². The second-order valence-electron chi connectivity index (χ2n) is 5.84. The number of carbonyl (C=O) groups is 1. The average molecular weight is 305 g/mol. The van der Waals surface area contributed by atoms with Crippen LogP contribution in [0.5, 0.6) is 0 Å². The van der Waals surface area contributed by atoms with Gasteiger partial charge in [-0.2, -0.15) is 0 Å². The maximum Gasteiger partial charge on any atom is 0.222 e. The summed E-state index contributed by atoms with van der Waals surface area (Å²) >= 11 is 6.03. The maximum atomic E-state index is 11.9. The van der Waals surface area contributed by atoms with E-state index in [2.05, 4.69) is 24.2 Å². The molecule has 112 valence electrons. The molecule has 0 atom stereocenters. The summed E-state index contributed by atoms with van der Waals surface area (Å²) in [6.45, 7) is 3.81. The van der Waals surface area contributed by atoms with E-state index >= 15 is 0 Å². The summed E-state index contributed by atoms with van der Waals surface area (Å²) in [5.74, 6) is 0.840. The van der Waals surface area contributed by atoms with Crippen molar-refractivity contribution in [2.75, 3.05) is 13.1 Å². The van der Waals surface area contributed by atoms with Crippen LogP contribution in [-0.4, -0.2) is 28.9 Å². The largest absolute Gasteiger partial charge is 0.361 e. The SMILES string of the molecule is CCCC(=O)N1CCC(c2c[nH]c3cc(Cl)ccc23)CC1. The van der Waals surface area contributed by atoms with Crippen molar-refractivity contribution in [2.24, 2.45) is 0 Å². The fourth-order valence-corrected chi connectivity index (χ4v) is 3.44. The number of nitrogens with zero attached hydrogens (tertiary/aromatic N) is 1. The summed E-state index contributed by atoms with van der Waals surface area (Å²) in [7, 11) is 0. The van der Waals surface area contributed by atoms with Crippen LogP contribution in [0.25, 0.3) is 10.9 Å². The van der Waals surface area contributed by atoms with Gasteiger partial charge in [-0.3, -0.25) is 4.79 Å². The van der Waals surface area contributed by atoms with Crippen molar-refractivity contribution in [3.63, 3.8) is 0 Å². The standard InChI is InChI=1S/C17H21ClN2O/c1-2-3-17(21)20-8-6-12(7-9-20)15-11-19-16-10-13(18)4-5-14(15)16/h4-5,10-12,19H,2-3,6-9H2,1H3. The van der Waals surface area contributed by atoms with Crippen LogP contribution in [0.2, 0.25) is 5.02 Å². The van der Waals surface area contributed by atoms with Crippen molar-refractivity contribution in [1.29, 1.82) is 0 Å². The van der Waals surface area contributed by atoms with Crippen molar-refractivity contribution < 1.29 is 4.79 Å². The van der Waals surface area contributed by atoms with Crippen LogP contribution in [0.4, 0.5) is 0 Å². The third-order valence-electron chi connectivity index (χ3n) is 4.43. The van der Waals surface area contributed by atoms with E-state index in [1.54, 1.807) is 0 Å². The zero-order valence-electron chi connectivity index (χ0n) is 12.4. The maximum absolute atomic E-state index is 11.9. The second kappa shape index (κ2) is 6.10. The monoisotopic (exact) mass is 304 g/mol. The van der Waals surface area contributed by atoms with Crippen LogP contribution >= 0.6 is 11.6 Å². The third kappa shape index (κ3) is 2.93. The van der Waals surface area contributed by atoms with Crippen molar-refractivity contribution in [2.45, 2.75) is 38.5 Å². The van der Waals surface area contributed by atoms with E-state index in [1.165, 1.54) is 10.9 Å². The number of fused-ring (bicyclic) bond motifs is 1. The Bertz CT molecular complexity index is 641. The summed E-state index contributed by atoms with van der Waals surface area (Å²) in [6, 6.07) is 6.01. The van der Waals surface area contributed by atoms with Gasteiger partial charge in [0.1, 0.15) is 0 Å². The Labute approximate surface area is 130 Å². The Morgan fingerprint density at radius 2 is 2.14 bits per heavy atom. The molecule has 1 N–H and O–H groups in total. The Hall–Kier alpha value is -1.48. The highest BCUT2D eigenvalue weighted by Gasteiger charge is 2.24. The number of amides is 1. The van der Waals surface area contributed by atoms with Gasteiger partial charge in [-0.1, -0.05) is 24.6 Å². The number of rotatable bonds is 3. The number of hydrogen-bond donors (Lipinski definition) is 1. The van der Waals surface area contributed by atoms with E-state index in [4.69, 9.17) is 11.6 Å². The third-order valence-corrected chi connectivity index (χ3v) is 4.66. The van der Waals surface area contributed by atoms with Crippen LogP contribution < -0.4 is 0 Å². The molecule has 1 fully saturated rings. The van der Waals surface area contributed by atoms with E-state index in [0.717, 1.165) is 42.9 Å². The number of carbonyl (C=O) groups excluding carboxylic acids is 1. The number of halogens is 1. The zero-order chi connectivity index (χ0) is 14.8. The van der Waals surface area contributed by atoms with Crippen molar-refractivity contribution in [3.05, 3.63) is 35.0 Å². The predicted molar refractivity (Wildman–Crippen MR) is 86.8 cm³/mol. The highest BCUT2D eigenvalue weighted by atomic mass is 35.5. The number of piperidine rings is 1. The van der Waals surface area contributed by atoms with Crippen molar-refractivity contribution in [1.82, 2.24) is 9.88 Å². The van der Waals surface area contributed by atoms with Crippen LogP contribution in [0.1, 0.15) is 44.1 Å². The molecule has 1 aromatic heterocycles. The van der Waals surface area contributed by atoms with E-state index < -0.39 is 0 Å². The van der Waals surface area contributed by atoms with Gasteiger partial charge in [0, 0.05) is 41.6 Å². The van der Waals surface area contributed by atoms with Crippen LogP contribution in [-0.2, 0) is 4.79 Å². The topological polar surface area (TPSA) is 36.1 Å². The number of likely N-dealkylation sites (tertiary alicyclic amines) is 1. The molecule has 0 unspecified atom stereocenters. The Morgan fingerprint density at radius 1 is 1.38 bits per heavy atom. The molecule has 1 aliphatic rings. The molecule has 1 saturated heterocycles. The normalized spacial score (nSPS) is 16.6. The van der Waals surface area contributed by atoms with Gasteiger partial charge in [0.05, 0.1) is 0 Å². The van der Waals surface area contributed by atoms with Gasteiger partial charge in [-0.05, 0) is 42.9 Å². The number of nitrogens with one attached hydrogen (secondary N) is 1. The van der Waals surface area contributed by atoms with E-state index in [0.29, 0.717) is 18.2 Å². The summed E-state index contributed by atoms with van der Waals surface area (Å²) in [6.07, 6.45) is 5.81. The summed E-state index contributed by atoms with van der Waals surface area (Å²) < 4.78 is 0. The second-order valence-corrected chi connectivity index (χ2v) is 6.28. The molecule has 0 radical (unpaired) electrons. The molecule has 1 aliphatic heterocycles. The van der Waals surface area contributed by atoms with Crippen LogP contribution in [0, 0.1) is 0 Å². The van der Waals surface area contributed by atoms with Crippen molar-refractivity contribution >= 4 is 28.4 Å². The molecular formula is C17H21ClN2O. The number of aromatic nitrogens is 1. The van der Waals surface area contributed by atoms with E-state index in [1.807, 2.05) is 17.0 Å². The molecule has 2 heterocycles. The molecule has 3 nitrogen and oxygen atoms in total. The highest BCUT2D eigenvalue weighted by molar-refractivity contribution is 6.31. The first-order valence-corrected chi connectivity index (χ1v) is 8.11. The molecule has 0 saturated carbocycles. The number of benzene rings is 1. The molecule has 1 aromatic carbocycles. The molecule has 0 aliphatic carbocycles.